The number of nitrogens with zero attached hydrogens (tertiary/aromatic N) is 6. The van der Waals surface area contributed by atoms with E-state index in [4.69, 9.17) is 16.3 Å². The molecule has 0 saturated carbocycles. The van der Waals surface area contributed by atoms with Crippen LogP contribution in [0.2, 0.25) is 0 Å². The maximum Gasteiger partial charge on any atom is 0.159 e. The van der Waals surface area contributed by atoms with Crippen LogP contribution in [0.3, 0.4) is 0 Å². The molecule has 8 nitrogen and oxygen atoms in total. The number of hydrogen-bond donors (Lipinski definition) is 2. The summed E-state index contributed by atoms with van der Waals surface area (Å²) in [6, 6.07) is 7.81. The van der Waals surface area contributed by atoms with Gasteiger partial charge in [0.2, 0.25) is 0 Å². The van der Waals surface area contributed by atoms with Crippen molar-refractivity contribution in [2.24, 2.45) is 0 Å². The van der Waals surface area contributed by atoms with E-state index in [1.165, 1.54) is 6.33 Å². The van der Waals surface area contributed by atoms with Crippen molar-refractivity contribution >= 4 is 23.0 Å². The molecule has 0 amide bonds. The first-order chi connectivity index (χ1) is 11.3. The van der Waals surface area contributed by atoms with Gasteiger partial charge in [0, 0.05) is 19.3 Å². The zero-order valence-electron chi connectivity index (χ0n) is 12.5. The van der Waals surface area contributed by atoms with Crippen LogP contribution >= 0.6 is 0 Å². The van der Waals surface area contributed by atoms with Gasteiger partial charge in [-0.25, -0.2) is 9.97 Å². The van der Waals surface area contributed by atoms with Crippen LogP contribution in [0.4, 0.5) is 23.0 Å². The Morgan fingerprint density at radius 2 is 1.91 bits per heavy atom. The van der Waals surface area contributed by atoms with Gasteiger partial charge in [0.1, 0.15) is 12.0 Å². The fourth-order valence-electron chi connectivity index (χ4n) is 2.00. The third-order valence-electron chi connectivity index (χ3n) is 3.07. The van der Waals surface area contributed by atoms with E-state index in [2.05, 4.69) is 32.4 Å². The molecule has 0 saturated heterocycles. The Labute approximate surface area is 134 Å². The Bertz CT molecular complexity index is 698. The van der Waals surface area contributed by atoms with E-state index in [1.807, 2.05) is 11.0 Å². The second-order valence-electron chi connectivity index (χ2n) is 4.63. The summed E-state index contributed by atoms with van der Waals surface area (Å²) in [5, 5.41) is 20.6. The van der Waals surface area contributed by atoms with Crippen molar-refractivity contribution in [2.45, 2.75) is 12.8 Å². The van der Waals surface area contributed by atoms with Crippen molar-refractivity contribution in [1.29, 1.82) is 10.5 Å². The Kier molecular flexibility index (Phi) is 5.67. The molecule has 3 N–H and O–H groups in total. The van der Waals surface area contributed by atoms with Gasteiger partial charge >= 0.3 is 0 Å². The van der Waals surface area contributed by atoms with E-state index in [1.54, 1.807) is 18.5 Å². The Morgan fingerprint density at radius 1 is 1.17 bits per heavy atom. The predicted octanol–water partition coefficient (Wildman–Crippen LogP) is 1.83. The molecular formula is C15H16N8. The Morgan fingerprint density at radius 3 is 2.52 bits per heavy atom. The van der Waals surface area contributed by atoms with Gasteiger partial charge in [-0.1, -0.05) is 0 Å². The van der Waals surface area contributed by atoms with E-state index < -0.39 is 0 Å². The molecule has 0 fully saturated rings. The normalized spacial score (nSPS) is 9.65. The number of nitrogens with two attached hydrogens (primary N) is 1. The van der Waals surface area contributed by atoms with Crippen LogP contribution in [0.15, 0.2) is 30.9 Å². The molecule has 0 aliphatic carbocycles. The minimum absolute atomic E-state index is 0.320. The van der Waals surface area contributed by atoms with Crippen LogP contribution in [0.1, 0.15) is 12.8 Å². The van der Waals surface area contributed by atoms with Crippen molar-refractivity contribution in [3.63, 3.8) is 0 Å². The van der Waals surface area contributed by atoms with E-state index in [-0.39, 0.29) is 0 Å². The summed E-state index contributed by atoms with van der Waals surface area (Å²) in [5.74, 6) is 0.971. The zero-order chi connectivity index (χ0) is 16.5. The zero-order valence-corrected chi connectivity index (χ0v) is 12.5. The second-order valence-corrected chi connectivity index (χ2v) is 4.63. The highest BCUT2D eigenvalue weighted by molar-refractivity contribution is 5.78. The molecule has 2 aromatic heterocycles. The number of rotatable bonds is 7. The molecule has 0 atom stereocenters. The maximum absolute atomic E-state index is 8.78. The van der Waals surface area contributed by atoms with Crippen LogP contribution in [0.25, 0.3) is 0 Å². The number of hydrogen-bond acceptors (Lipinski definition) is 8. The van der Waals surface area contributed by atoms with Gasteiger partial charge in [0.25, 0.3) is 0 Å². The molecule has 23 heavy (non-hydrogen) atoms. The largest absolute Gasteiger partial charge is 0.393 e. The van der Waals surface area contributed by atoms with Crippen LogP contribution in [0, 0.1) is 22.7 Å². The van der Waals surface area contributed by atoms with Crippen molar-refractivity contribution < 1.29 is 0 Å². The Balaban J connectivity index is 2.25. The molecule has 0 radical (unpaired) electrons. The van der Waals surface area contributed by atoms with E-state index in [0.29, 0.717) is 43.3 Å². The first kappa shape index (κ1) is 16.0. The van der Waals surface area contributed by atoms with Gasteiger partial charge in [-0.05, 0) is 12.1 Å². The lowest BCUT2D eigenvalue weighted by Gasteiger charge is -2.23. The SMILES string of the molecule is N#CCCN(CCC#N)c1ncnc(Nc2cccnc2)c1N. The quantitative estimate of drug-likeness (QED) is 0.792. The van der Waals surface area contributed by atoms with Gasteiger partial charge in [0.05, 0.1) is 36.9 Å². The van der Waals surface area contributed by atoms with Crippen molar-refractivity contribution in [3.8, 4) is 12.1 Å². The molecular weight excluding hydrogens is 292 g/mol. The number of pyridine rings is 1. The molecule has 116 valence electrons. The fraction of sp³-hybridized carbons (Fsp3) is 0.267. The molecule has 2 heterocycles. The molecule has 0 bridgehead atoms. The number of nitriles is 2. The summed E-state index contributed by atoms with van der Waals surface area (Å²) in [6.07, 6.45) is 5.37. The van der Waals surface area contributed by atoms with Crippen molar-refractivity contribution in [2.75, 3.05) is 29.0 Å². The highest BCUT2D eigenvalue weighted by atomic mass is 15.2. The second kappa shape index (κ2) is 8.15. The lowest BCUT2D eigenvalue weighted by atomic mass is 10.3. The van der Waals surface area contributed by atoms with Gasteiger partial charge in [-0.15, -0.1) is 0 Å². The molecule has 2 aromatic rings. The first-order valence-electron chi connectivity index (χ1n) is 7.02. The third-order valence-corrected chi connectivity index (χ3v) is 3.07. The summed E-state index contributed by atoms with van der Waals surface area (Å²) >= 11 is 0. The number of anilines is 4. The highest BCUT2D eigenvalue weighted by Gasteiger charge is 2.15. The van der Waals surface area contributed by atoms with E-state index in [0.717, 1.165) is 5.69 Å². The van der Waals surface area contributed by atoms with Gasteiger partial charge in [-0.2, -0.15) is 10.5 Å². The topological polar surface area (TPSA) is 128 Å². The van der Waals surface area contributed by atoms with Crippen LogP contribution < -0.4 is 16.0 Å². The average molecular weight is 308 g/mol. The van der Waals surface area contributed by atoms with E-state index >= 15 is 0 Å². The highest BCUT2D eigenvalue weighted by Crippen LogP contribution is 2.28. The first-order valence-corrected chi connectivity index (χ1v) is 7.02. The van der Waals surface area contributed by atoms with Crippen LogP contribution in [-0.2, 0) is 0 Å². The maximum atomic E-state index is 8.78. The van der Waals surface area contributed by atoms with Gasteiger partial charge < -0.3 is 16.0 Å². The lowest BCUT2D eigenvalue weighted by molar-refractivity contribution is 0.782. The monoisotopic (exact) mass is 308 g/mol. The molecule has 0 spiro atoms. The van der Waals surface area contributed by atoms with Crippen molar-refractivity contribution in [3.05, 3.63) is 30.9 Å². The fourth-order valence-corrected chi connectivity index (χ4v) is 2.00. The van der Waals surface area contributed by atoms with E-state index in [9.17, 15) is 0 Å². The summed E-state index contributed by atoms with van der Waals surface area (Å²) in [4.78, 5) is 14.2. The average Bonchev–Trinajstić information content (AvgIpc) is 2.58. The number of nitrogens with one attached hydrogen (secondary N) is 1. The number of aromatic nitrogens is 3. The van der Waals surface area contributed by atoms with Crippen molar-refractivity contribution in [1.82, 2.24) is 15.0 Å². The molecule has 0 aliphatic rings. The smallest absolute Gasteiger partial charge is 0.159 e. The third kappa shape index (κ3) is 4.29. The summed E-state index contributed by atoms with van der Waals surface area (Å²) in [7, 11) is 0. The standard InChI is InChI=1S/C15H16N8/c16-5-2-8-23(9-3-6-17)15-13(18)14(20-11-21-15)22-12-4-1-7-19-10-12/h1,4,7,10-11H,2-3,8-9,18H2,(H,20,21,22). The summed E-state index contributed by atoms with van der Waals surface area (Å²) in [5.41, 5.74) is 7.28. The minimum Gasteiger partial charge on any atom is -0.393 e. The number of nitrogen functional groups attached to an aromatic ring is 1. The van der Waals surface area contributed by atoms with Gasteiger partial charge in [0.15, 0.2) is 11.6 Å². The molecule has 0 aliphatic heterocycles. The predicted molar refractivity (Wildman–Crippen MR) is 86.6 cm³/mol. The Hall–Kier alpha value is -3.39. The summed E-state index contributed by atoms with van der Waals surface area (Å²) < 4.78 is 0. The van der Waals surface area contributed by atoms with Gasteiger partial charge in [-0.3, -0.25) is 4.98 Å². The van der Waals surface area contributed by atoms with Crippen LogP contribution in [-0.4, -0.2) is 28.0 Å². The lowest BCUT2D eigenvalue weighted by Crippen LogP contribution is -2.27. The minimum atomic E-state index is 0.320. The summed E-state index contributed by atoms with van der Waals surface area (Å²) in [6.45, 7) is 0.900. The molecule has 2 rings (SSSR count). The van der Waals surface area contributed by atoms with Crippen LogP contribution in [0.5, 0.6) is 0 Å². The molecule has 0 unspecified atom stereocenters. The molecule has 8 heteroatoms. The molecule has 0 aromatic carbocycles.